The summed E-state index contributed by atoms with van der Waals surface area (Å²) in [6.45, 7) is 0.0204. The number of aliphatic hydroxyl groups is 1. The van der Waals surface area contributed by atoms with Gasteiger partial charge in [0.05, 0.1) is 12.6 Å². The number of fused-ring (bicyclic) bond motifs is 3. The van der Waals surface area contributed by atoms with Gasteiger partial charge in [0.25, 0.3) is 0 Å². The second-order valence-electron chi connectivity index (χ2n) is 7.12. The number of aromatic nitrogens is 2. The first-order valence-corrected chi connectivity index (χ1v) is 9.80. The molecule has 1 aromatic heterocycles. The number of aliphatic hydroxyl groups excluding tert-OH is 1. The third kappa shape index (κ3) is 3.25. The number of urea groups is 1. The Morgan fingerprint density at radius 2 is 2.14 bits per heavy atom. The number of amides is 2. The summed E-state index contributed by atoms with van der Waals surface area (Å²) in [6.07, 6.45) is 0.757. The summed E-state index contributed by atoms with van der Waals surface area (Å²) in [5, 5.41) is 18.4. The van der Waals surface area contributed by atoms with Crippen LogP contribution in [0.3, 0.4) is 0 Å². The van der Waals surface area contributed by atoms with Gasteiger partial charge in [-0.1, -0.05) is 0 Å². The Labute approximate surface area is 159 Å². The molecule has 1 saturated carbocycles. The normalized spacial score (nSPS) is 26.6. The number of nitrogens with zero attached hydrogens (tertiary/aromatic N) is 5. The van der Waals surface area contributed by atoms with Crippen molar-refractivity contribution in [2.45, 2.75) is 37.5 Å². The fourth-order valence-electron chi connectivity index (χ4n) is 3.82. The highest BCUT2D eigenvalue weighted by molar-refractivity contribution is 7.80. The van der Waals surface area contributed by atoms with Crippen LogP contribution in [-0.2, 0) is 14.7 Å². The predicted molar refractivity (Wildman–Crippen MR) is 89.3 cm³/mol. The molecular weight excluding hydrogens is 398 g/mol. The van der Waals surface area contributed by atoms with Gasteiger partial charge < -0.3 is 25.9 Å². The molecule has 4 rings (SSSR count). The molecule has 3 heterocycles. The largest absolute Gasteiger partial charge is 0.420 e. The zero-order valence-electron chi connectivity index (χ0n) is 14.5. The molecule has 3 atom stereocenters. The maximum Gasteiger partial charge on any atom is 0.418 e. The number of hydrogen-bond acceptors (Lipinski definition) is 9. The molecule has 2 saturated heterocycles. The monoisotopic (exact) mass is 417 g/mol. The summed E-state index contributed by atoms with van der Waals surface area (Å²) in [5.41, 5.74) is 10.1. The van der Waals surface area contributed by atoms with Gasteiger partial charge in [0.2, 0.25) is 11.8 Å². The molecule has 15 heteroatoms. The van der Waals surface area contributed by atoms with Crippen molar-refractivity contribution in [2.24, 2.45) is 21.9 Å². The lowest BCUT2D eigenvalue weighted by Crippen LogP contribution is -2.43. The Morgan fingerprint density at radius 1 is 1.43 bits per heavy atom. The molecule has 3 fully saturated rings. The Morgan fingerprint density at radius 3 is 2.75 bits per heavy atom. The van der Waals surface area contributed by atoms with Crippen LogP contribution in [0.25, 0.3) is 0 Å². The second-order valence-corrected chi connectivity index (χ2v) is 8.13. The van der Waals surface area contributed by atoms with Gasteiger partial charge in [-0.15, -0.1) is 14.5 Å². The summed E-state index contributed by atoms with van der Waals surface area (Å²) in [5.74, 6) is -0.204. The Kier molecular flexibility index (Phi) is 4.22. The number of carbonyl (C=O) groups is 1. The van der Waals surface area contributed by atoms with E-state index in [1.54, 1.807) is 0 Å². The SMILES string of the molecule is NC(N)=NCC(O)c1nnc([C@@H]2CC3(CC3)[C@@H]3CN2C(=O)N3OS(=O)(=O)O)o1. The smallest absolute Gasteiger partial charge is 0.418 e. The standard InChI is InChI=1S/C13H19N7O7S/c14-11(15)16-4-7(21)10-18-17-9(26-10)6-3-13(1-2-13)8-5-19(6)12(22)20(8)27-28(23,24)25/h6-8,21H,1-5H2,(H4,14,15,16)(H,23,24,25)/t6-,7?,8-/m0/s1. The Balaban J connectivity index is 1.57. The average molecular weight is 417 g/mol. The highest BCUT2D eigenvalue weighted by atomic mass is 32.3. The molecule has 2 bridgehead atoms. The molecule has 2 amide bonds. The first-order chi connectivity index (χ1) is 13.1. The van der Waals surface area contributed by atoms with Gasteiger partial charge in [0.15, 0.2) is 12.1 Å². The van der Waals surface area contributed by atoms with E-state index in [9.17, 15) is 18.3 Å². The third-order valence-electron chi connectivity index (χ3n) is 5.31. The van der Waals surface area contributed by atoms with E-state index in [-0.39, 0.29) is 36.2 Å². The number of carbonyl (C=O) groups excluding carboxylic acids is 1. The molecule has 154 valence electrons. The van der Waals surface area contributed by atoms with Gasteiger partial charge >= 0.3 is 16.4 Å². The second kappa shape index (κ2) is 6.26. The maximum atomic E-state index is 12.6. The summed E-state index contributed by atoms with van der Waals surface area (Å²) < 4.78 is 41.3. The van der Waals surface area contributed by atoms with Gasteiger partial charge in [-0.05, 0) is 24.7 Å². The topological polar surface area (TPSA) is 211 Å². The van der Waals surface area contributed by atoms with Crippen molar-refractivity contribution in [3.8, 4) is 0 Å². The summed E-state index contributed by atoms with van der Waals surface area (Å²) in [7, 11) is -4.84. The number of rotatable bonds is 6. The number of hydroxylamine groups is 2. The van der Waals surface area contributed by atoms with Gasteiger partial charge in [-0.25, -0.2) is 4.79 Å². The van der Waals surface area contributed by atoms with E-state index in [4.69, 9.17) is 20.4 Å². The van der Waals surface area contributed by atoms with Gasteiger partial charge in [-0.3, -0.25) is 9.55 Å². The van der Waals surface area contributed by atoms with Crippen molar-refractivity contribution < 1.29 is 31.6 Å². The van der Waals surface area contributed by atoms with Crippen LogP contribution in [0.5, 0.6) is 0 Å². The van der Waals surface area contributed by atoms with Crippen LogP contribution < -0.4 is 11.5 Å². The average Bonchev–Trinajstić information content (AvgIpc) is 3.09. The molecular formula is C13H19N7O7S. The van der Waals surface area contributed by atoms with E-state index in [2.05, 4.69) is 19.5 Å². The van der Waals surface area contributed by atoms with Gasteiger partial charge in [-0.2, -0.15) is 13.5 Å². The van der Waals surface area contributed by atoms with Gasteiger partial charge in [0, 0.05) is 6.54 Å². The van der Waals surface area contributed by atoms with Crippen molar-refractivity contribution in [3.05, 3.63) is 11.8 Å². The van der Waals surface area contributed by atoms with E-state index in [1.165, 1.54) is 4.90 Å². The lowest BCUT2D eigenvalue weighted by molar-refractivity contribution is -0.0530. The molecule has 28 heavy (non-hydrogen) atoms. The van der Waals surface area contributed by atoms with Crippen molar-refractivity contribution in [2.75, 3.05) is 13.1 Å². The molecule has 3 aliphatic rings. The van der Waals surface area contributed by atoms with Crippen LogP contribution >= 0.6 is 0 Å². The van der Waals surface area contributed by atoms with E-state index in [0.29, 0.717) is 11.5 Å². The molecule has 14 nitrogen and oxygen atoms in total. The van der Waals surface area contributed by atoms with Gasteiger partial charge in [0.1, 0.15) is 6.04 Å². The molecule has 0 aromatic carbocycles. The van der Waals surface area contributed by atoms with Crippen LogP contribution in [0.2, 0.25) is 0 Å². The van der Waals surface area contributed by atoms with E-state index >= 15 is 0 Å². The zero-order valence-corrected chi connectivity index (χ0v) is 15.3. The Bertz CT molecular complexity index is 923. The summed E-state index contributed by atoms with van der Waals surface area (Å²) in [6, 6.07) is -1.84. The summed E-state index contributed by atoms with van der Waals surface area (Å²) >= 11 is 0. The number of piperidine rings is 1. The molecule has 1 aliphatic carbocycles. The maximum absolute atomic E-state index is 12.6. The van der Waals surface area contributed by atoms with E-state index < -0.39 is 34.6 Å². The molecule has 0 radical (unpaired) electrons. The number of hydrogen-bond donors (Lipinski definition) is 4. The molecule has 2 aliphatic heterocycles. The number of aliphatic imine (C=N–C) groups is 1. The third-order valence-corrected chi connectivity index (χ3v) is 5.66. The fraction of sp³-hybridized carbons (Fsp3) is 0.692. The zero-order chi connectivity index (χ0) is 20.3. The van der Waals surface area contributed by atoms with Crippen LogP contribution in [0.1, 0.15) is 43.2 Å². The summed E-state index contributed by atoms with van der Waals surface area (Å²) in [4.78, 5) is 17.7. The first-order valence-electron chi connectivity index (χ1n) is 8.43. The van der Waals surface area contributed by atoms with E-state index in [0.717, 1.165) is 12.8 Å². The number of nitrogens with two attached hydrogens (primary N) is 2. The van der Waals surface area contributed by atoms with Crippen LogP contribution in [-0.4, -0.2) is 69.4 Å². The minimum Gasteiger partial charge on any atom is -0.420 e. The highest BCUT2D eigenvalue weighted by Gasteiger charge is 2.64. The van der Waals surface area contributed by atoms with Crippen LogP contribution in [0, 0.1) is 5.41 Å². The predicted octanol–water partition coefficient (Wildman–Crippen LogP) is -1.56. The minimum absolute atomic E-state index is 0.102. The van der Waals surface area contributed by atoms with E-state index in [1.807, 2.05) is 0 Å². The molecule has 6 N–H and O–H groups in total. The number of guanidine groups is 1. The van der Waals surface area contributed by atoms with Crippen molar-refractivity contribution in [3.63, 3.8) is 0 Å². The quantitative estimate of drug-likeness (QED) is 0.236. The minimum atomic E-state index is -4.84. The molecule has 1 unspecified atom stereocenters. The molecule has 1 aromatic rings. The fourth-order valence-corrected chi connectivity index (χ4v) is 4.19. The molecule has 1 spiro atoms. The Hall–Kier alpha value is -2.49. The van der Waals surface area contributed by atoms with Crippen molar-refractivity contribution >= 4 is 22.4 Å². The highest BCUT2D eigenvalue weighted by Crippen LogP contribution is 2.61. The van der Waals surface area contributed by atoms with Crippen molar-refractivity contribution in [1.29, 1.82) is 0 Å². The van der Waals surface area contributed by atoms with Crippen LogP contribution in [0.15, 0.2) is 9.41 Å². The first kappa shape index (κ1) is 18.9. The van der Waals surface area contributed by atoms with Crippen molar-refractivity contribution in [1.82, 2.24) is 20.2 Å². The lowest BCUT2D eigenvalue weighted by atomic mass is 9.85. The van der Waals surface area contributed by atoms with Crippen LogP contribution in [0.4, 0.5) is 4.79 Å². The lowest BCUT2D eigenvalue weighted by Gasteiger charge is -2.34.